The maximum absolute atomic E-state index is 5.73. The molecule has 0 aliphatic rings. The zero-order valence-corrected chi connectivity index (χ0v) is 11.8. The zero-order valence-electron chi connectivity index (χ0n) is 11.8. The van der Waals surface area contributed by atoms with E-state index in [4.69, 9.17) is 16.2 Å². The first-order valence-electron chi connectivity index (χ1n) is 6.75. The summed E-state index contributed by atoms with van der Waals surface area (Å²) in [6.45, 7) is 8.38. The highest BCUT2D eigenvalue weighted by Gasteiger charge is 2.10. The van der Waals surface area contributed by atoms with E-state index >= 15 is 0 Å². The van der Waals surface area contributed by atoms with Crippen molar-refractivity contribution >= 4 is 0 Å². The van der Waals surface area contributed by atoms with E-state index in [0.717, 1.165) is 25.2 Å². The molecule has 4 N–H and O–H groups in total. The van der Waals surface area contributed by atoms with E-state index in [1.807, 2.05) is 0 Å². The summed E-state index contributed by atoms with van der Waals surface area (Å²) in [5, 5.41) is 0. The Morgan fingerprint density at radius 2 is 1.78 bits per heavy atom. The Balaban J connectivity index is 2.85. The van der Waals surface area contributed by atoms with Crippen molar-refractivity contribution in [3.8, 4) is 5.75 Å². The molecule has 0 fully saturated rings. The van der Waals surface area contributed by atoms with Crippen LogP contribution in [0.3, 0.4) is 0 Å². The van der Waals surface area contributed by atoms with Crippen LogP contribution in [-0.4, -0.2) is 19.7 Å². The first-order valence-corrected chi connectivity index (χ1v) is 6.75. The van der Waals surface area contributed by atoms with Crippen LogP contribution in [0.2, 0.25) is 0 Å². The lowest BCUT2D eigenvalue weighted by Crippen LogP contribution is -2.25. The maximum atomic E-state index is 5.73. The molecule has 0 aliphatic heterocycles. The largest absolute Gasteiger partial charge is 0.493 e. The van der Waals surface area contributed by atoms with Gasteiger partial charge >= 0.3 is 0 Å². The van der Waals surface area contributed by atoms with Crippen molar-refractivity contribution in [3.63, 3.8) is 0 Å². The summed E-state index contributed by atoms with van der Waals surface area (Å²) < 4.78 is 5.73. The van der Waals surface area contributed by atoms with E-state index in [1.165, 1.54) is 16.7 Å². The number of rotatable bonds is 7. The first kappa shape index (κ1) is 15.0. The average molecular weight is 250 g/mol. The van der Waals surface area contributed by atoms with Gasteiger partial charge in [0.2, 0.25) is 0 Å². The minimum Gasteiger partial charge on any atom is -0.493 e. The number of hydrogen-bond acceptors (Lipinski definition) is 3. The molecule has 0 saturated carbocycles. The Labute approximate surface area is 111 Å². The Kier molecular flexibility index (Phi) is 6.16. The van der Waals surface area contributed by atoms with E-state index in [0.29, 0.717) is 19.0 Å². The summed E-state index contributed by atoms with van der Waals surface area (Å²) in [6.07, 6.45) is 1.98. The number of ether oxygens (including phenoxy) is 1. The molecular weight excluding hydrogens is 224 g/mol. The Morgan fingerprint density at radius 3 is 2.33 bits per heavy atom. The fourth-order valence-electron chi connectivity index (χ4n) is 2.01. The van der Waals surface area contributed by atoms with Crippen LogP contribution >= 0.6 is 0 Å². The van der Waals surface area contributed by atoms with Gasteiger partial charge in [0.25, 0.3) is 0 Å². The molecule has 0 heterocycles. The summed E-state index contributed by atoms with van der Waals surface area (Å²) in [4.78, 5) is 0. The smallest absolute Gasteiger partial charge is 0.122 e. The number of aryl methyl sites for hydroxylation is 2. The van der Waals surface area contributed by atoms with E-state index in [2.05, 4.69) is 32.9 Å². The molecule has 0 spiro atoms. The zero-order chi connectivity index (χ0) is 13.5. The standard InChI is InChI=1S/C15H26N2O/c1-4-5-18-15-7-11(2)14(6-12(15)3)8-13(9-16)10-17/h6-7,13H,4-5,8-10,16-17H2,1-3H3. The van der Waals surface area contributed by atoms with Crippen molar-refractivity contribution in [2.75, 3.05) is 19.7 Å². The van der Waals surface area contributed by atoms with Crippen molar-refractivity contribution < 1.29 is 4.74 Å². The summed E-state index contributed by atoms with van der Waals surface area (Å²) in [5.41, 5.74) is 15.2. The van der Waals surface area contributed by atoms with Crippen LogP contribution in [0.4, 0.5) is 0 Å². The molecule has 0 bridgehead atoms. The molecule has 0 amide bonds. The monoisotopic (exact) mass is 250 g/mol. The predicted molar refractivity (Wildman–Crippen MR) is 77.0 cm³/mol. The number of nitrogens with two attached hydrogens (primary N) is 2. The molecule has 102 valence electrons. The van der Waals surface area contributed by atoms with Crippen molar-refractivity contribution in [3.05, 3.63) is 28.8 Å². The molecule has 0 atom stereocenters. The van der Waals surface area contributed by atoms with Crippen LogP contribution in [0.5, 0.6) is 5.75 Å². The number of benzene rings is 1. The Hall–Kier alpha value is -1.06. The van der Waals surface area contributed by atoms with E-state index < -0.39 is 0 Å². The Morgan fingerprint density at radius 1 is 1.11 bits per heavy atom. The highest BCUT2D eigenvalue weighted by molar-refractivity contribution is 5.41. The van der Waals surface area contributed by atoms with Gasteiger partial charge in [-0.3, -0.25) is 0 Å². The first-order chi connectivity index (χ1) is 8.62. The minimum atomic E-state index is 0.366. The van der Waals surface area contributed by atoms with Gasteiger partial charge in [0.1, 0.15) is 5.75 Å². The van der Waals surface area contributed by atoms with Crippen molar-refractivity contribution in [2.45, 2.75) is 33.6 Å². The van der Waals surface area contributed by atoms with Crippen LogP contribution in [0, 0.1) is 19.8 Å². The van der Waals surface area contributed by atoms with E-state index in [1.54, 1.807) is 0 Å². The van der Waals surface area contributed by atoms with E-state index in [-0.39, 0.29) is 0 Å². The molecule has 3 nitrogen and oxygen atoms in total. The second-order valence-corrected chi connectivity index (χ2v) is 4.93. The summed E-state index contributed by atoms with van der Waals surface area (Å²) in [7, 11) is 0. The van der Waals surface area contributed by atoms with Gasteiger partial charge in [-0.15, -0.1) is 0 Å². The molecule has 0 aromatic heterocycles. The highest BCUT2D eigenvalue weighted by atomic mass is 16.5. The fourth-order valence-corrected chi connectivity index (χ4v) is 2.01. The third kappa shape index (κ3) is 4.00. The van der Waals surface area contributed by atoms with Gasteiger partial charge in [0, 0.05) is 0 Å². The van der Waals surface area contributed by atoms with Crippen molar-refractivity contribution in [1.82, 2.24) is 0 Å². The van der Waals surface area contributed by atoms with Crippen LogP contribution in [-0.2, 0) is 6.42 Å². The van der Waals surface area contributed by atoms with Gasteiger partial charge in [-0.05, 0) is 68.5 Å². The van der Waals surface area contributed by atoms with Crippen LogP contribution in [0.1, 0.15) is 30.0 Å². The van der Waals surface area contributed by atoms with Crippen LogP contribution in [0.15, 0.2) is 12.1 Å². The van der Waals surface area contributed by atoms with Gasteiger partial charge < -0.3 is 16.2 Å². The summed E-state index contributed by atoms with van der Waals surface area (Å²) in [5.74, 6) is 1.36. The van der Waals surface area contributed by atoms with E-state index in [9.17, 15) is 0 Å². The lowest BCUT2D eigenvalue weighted by Gasteiger charge is -2.17. The molecule has 18 heavy (non-hydrogen) atoms. The van der Waals surface area contributed by atoms with Crippen LogP contribution < -0.4 is 16.2 Å². The second kappa shape index (κ2) is 7.39. The molecule has 0 radical (unpaired) electrons. The predicted octanol–water partition coefficient (Wildman–Crippen LogP) is 2.17. The topological polar surface area (TPSA) is 61.3 Å². The lowest BCUT2D eigenvalue weighted by molar-refractivity contribution is 0.315. The SMILES string of the molecule is CCCOc1cc(C)c(CC(CN)CN)cc1C. The lowest BCUT2D eigenvalue weighted by atomic mass is 9.94. The molecule has 1 aromatic carbocycles. The Bertz CT molecular complexity index is 373. The molecule has 0 unspecified atom stereocenters. The maximum Gasteiger partial charge on any atom is 0.122 e. The number of hydrogen-bond donors (Lipinski definition) is 2. The molecule has 3 heteroatoms. The van der Waals surface area contributed by atoms with Gasteiger partial charge in [-0.25, -0.2) is 0 Å². The normalized spacial score (nSPS) is 11.0. The fraction of sp³-hybridized carbons (Fsp3) is 0.600. The summed E-state index contributed by atoms with van der Waals surface area (Å²) >= 11 is 0. The highest BCUT2D eigenvalue weighted by Crippen LogP contribution is 2.24. The van der Waals surface area contributed by atoms with Crippen LogP contribution in [0.25, 0.3) is 0 Å². The van der Waals surface area contributed by atoms with Gasteiger partial charge in [0.15, 0.2) is 0 Å². The second-order valence-electron chi connectivity index (χ2n) is 4.93. The van der Waals surface area contributed by atoms with Crippen molar-refractivity contribution in [1.29, 1.82) is 0 Å². The minimum absolute atomic E-state index is 0.366. The summed E-state index contributed by atoms with van der Waals surface area (Å²) in [6, 6.07) is 4.34. The van der Waals surface area contributed by atoms with Gasteiger partial charge in [-0.2, -0.15) is 0 Å². The third-order valence-electron chi connectivity index (χ3n) is 3.27. The van der Waals surface area contributed by atoms with Crippen molar-refractivity contribution in [2.24, 2.45) is 17.4 Å². The molecule has 0 aliphatic carbocycles. The van der Waals surface area contributed by atoms with Gasteiger partial charge in [0.05, 0.1) is 6.61 Å². The average Bonchev–Trinajstić information content (AvgIpc) is 2.37. The third-order valence-corrected chi connectivity index (χ3v) is 3.27. The molecular formula is C15H26N2O. The molecule has 1 aromatic rings. The quantitative estimate of drug-likeness (QED) is 0.779. The molecule has 0 saturated heterocycles. The molecule has 1 rings (SSSR count). The van der Waals surface area contributed by atoms with Gasteiger partial charge in [-0.1, -0.05) is 13.0 Å².